The molecule has 0 saturated heterocycles. The Balaban J connectivity index is 2.24. The van der Waals surface area contributed by atoms with Crippen LogP contribution < -0.4 is 5.32 Å². The predicted octanol–water partition coefficient (Wildman–Crippen LogP) is 1.20. The first-order valence-corrected chi connectivity index (χ1v) is 5.48. The minimum absolute atomic E-state index is 0.130. The molecule has 1 unspecified atom stereocenters. The van der Waals surface area contributed by atoms with Crippen molar-refractivity contribution in [3.05, 3.63) is 30.1 Å². The number of pyridine rings is 1. The monoisotopic (exact) mass is 236 g/mol. The first-order chi connectivity index (χ1) is 8.09. The highest BCUT2D eigenvalue weighted by molar-refractivity contribution is 5.77. The molecule has 0 spiro atoms. The standard InChI is InChI=1S/C12H16N2O3/c1-9(12(16)17)2-3-11(15)14-8-10-4-6-13-7-5-10/h4-7,9H,2-3,8H2,1H3,(H,14,15)(H,16,17). The van der Waals surface area contributed by atoms with Gasteiger partial charge in [-0.05, 0) is 24.1 Å². The number of aliphatic carboxylic acids is 1. The second-order valence-corrected chi connectivity index (χ2v) is 3.91. The zero-order valence-corrected chi connectivity index (χ0v) is 9.72. The van der Waals surface area contributed by atoms with Crippen molar-refractivity contribution in [3.63, 3.8) is 0 Å². The average Bonchev–Trinajstić information content (AvgIpc) is 2.34. The molecule has 0 fully saturated rings. The number of hydrogen-bond acceptors (Lipinski definition) is 3. The van der Waals surface area contributed by atoms with E-state index < -0.39 is 11.9 Å². The van der Waals surface area contributed by atoms with Gasteiger partial charge in [0.2, 0.25) is 5.91 Å². The molecule has 1 amide bonds. The van der Waals surface area contributed by atoms with Crippen molar-refractivity contribution in [2.45, 2.75) is 26.3 Å². The van der Waals surface area contributed by atoms with Gasteiger partial charge in [-0.3, -0.25) is 14.6 Å². The lowest BCUT2D eigenvalue weighted by atomic mass is 10.1. The van der Waals surface area contributed by atoms with E-state index in [1.165, 1.54) is 0 Å². The minimum Gasteiger partial charge on any atom is -0.481 e. The van der Waals surface area contributed by atoms with Gasteiger partial charge in [-0.2, -0.15) is 0 Å². The summed E-state index contributed by atoms with van der Waals surface area (Å²) in [7, 11) is 0. The molecule has 1 rings (SSSR count). The zero-order valence-electron chi connectivity index (χ0n) is 9.72. The van der Waals surface area contributed by atoms with Gasteiger partial charge in [0.05, 0.1) is 5.92 Å². The van der Waals surface area contributed by atoms with E-state index in [0.717, 1.165) is 5.56 Å². The number of carbonyl (C=O) groups excluding carboxylic acids is 1. The lowest BCUT2D eigenvalue weighted by molar-refractivity contribution is -0.141. The summed E-state index contributed by atoms with van der Waals surface area (Å²) < 4.78 is 0. The number of carbonyl (C=O) groups is 2. The Hall–Kier alpha value is -1.91. The number of hydrogen-bond donors (Lipinski definition) is 2. The third-order valence-corrected chi connectivity index (χ3v) is 2.47. The third kappa shape index (κ3) is 5.10. The molecular weight excluding hydrogens is 220 g/mol. The van der Waals surface area contributed by atoms with Crippen LogP contribution in [0, 0.1) is 5.92 Å². The smallest absolute Gasteiger partial charge is 0.306 e. The second kappa shape index (κ2) is 6.62. The quantitative estimate of drug-likeness (QED) is 0.777. The SMILES string of the molecule is CC(CCC(=O)NCc1ccncc1)C(=O)O. The summed E-state index contributed by atoms with van der Waals surface area (Å²) in [5.41, 5.74) is 0.972. The van der Waals surface area contributed by atoms with Crippen LogP contribution in [-0.4, -0.2) is 22.0 Å². The molecular formula is C12H16N2O3. The van der Waals surface area contributed by atoms with Gasteiger partial charge < -0.3 is 10.4 Å². The van der Waals surface area contributed by atoms with E-state index in [-0.39, 0.29) is 12.3 Å². The highest BCUT2D eigenvalue weighted by Crippen LogP contribution is 2.05. The Kier molecular flexibility index (Phi) is 5.13. The molecule has 0 saturated carbocycles. The van der Waals surface area contributed by atoms with Gasteiger partial charge in [0.15, 0.2) is 0 Å². The van der Waals surface area contributed by atoms with Gasteiger partial charge in [0.25, 0.3) is 0 Å². The molecule has 1 heterocycles. The fourth-order valence-corrected chi connectivity index (χ4v) is 1.26. The number of carboxylic acids is 1. The van der Waals surface area contributed by atoms with Crippen molar-refractivity contribution in [1.82, 2.24) is 10.3 Å². The van der Waals surface area contributed by atoms with E-state index >= 15 is 0 Å². The molecule has 0 aliphatic carbocycles. The first kappa shape index (κ1) is 13.2. The highest BCUT2D eigenvalue weighted by Gasteiger charge is 2.12. The van der Waals surface area contributed by atoms with Gasteiger partial charge in [-0.15, -0.1) is 0 Å². The zero-order chi connectivity index (χ0) is 12.7. The maximum absolute atomic E-state index is 11.4. The fourth-order valence-electron chi connectivity index (χ4n) is 1.26. The molecule has 2 N–H and O–H groups in total. The Morgan fingerprint density at radius 1 is 1.41 bits per heavy atom. The van der Waals surface area contributed by atoms with E-state index in [0.29, 0.717) is 13.0 Å². The van der Waals surface area contributed by atoms with Gasteiger partial charge in [-0.25, -0.2) is 0 Å². The number of amides is 1. The maximum Gasteiger partial charge on any atom is 0.306 e. The summed E-state index contributed by atoms with van der Waals surface area (Å²) in [6.07, 6.45) is 3.91. The van der Waals surface area contributed by atoms with Crippen LogP contribution in [0.1, 0.15) is 25.3 Å². The van der Waals surface area contributed by atoms with E-state index in [4.69, 9.17) is 5.11 Å². The predicted molar refractivity (Wildman–Crippen MR) is 62.1 cm³/mol. The van der Waals surface area contributed by atoms with Gasteiger partial charge in [0, 0.05) is 25.4 Å². The number of rotatable bonds is 6. The van der Waals surface area contributed by atoms with Crippen molar-refractivity contribution in [1.29, 1.82) is 0 Å². The summed E-state index contributed by atoms with van der Waals surface area (Å²) in [4.78, 5) is 25.8. The number of aromatic nitrogens is 1. The molecule has 92 valence electrons. The Morgan fingerprint density at radius 2 is 2.06 bits per heavy atom. The van der Waals surface area contributed by atoms with Gasteiger partial charge in [0.1, 0.15) is 0 Å². The van der Waals surface area contributed by atoms with Crippen LogP contribution in [0.2, 0.25) is 0 Å². The molecule has 0 aromatic carbocycles. The topological polar surface area (TPSA) is 79.3 Å². The van der Waals surface area contributed by atoms with Crippen LogP contribution in [0.25, 0.3) is 0 Å². The van der Waals surface area contributed by atoms with E-state index in [2.05, 4.69) is 10.3 Å². The highest BCUT2D eigenvalue weighted by atomic mass is 16.4. The van der Waals surface area contributed by atoms with Crippen LogP contribution in [0.15, 0.2) is 24.5 Å². The molecule has 1 aromatic rings. The summed E-state index contributed by atoms with van der Waals surface area (Å²) in [6, 6.07) is 3.64. The molecule has 1 aromatic heterocycles. The normalized spacial score (nSPS) is 11.8. The molecule has 0 bridgehead atoms. The summed E-state index contributed by atoms with van der Waals surface area (Å²) in [5, 5.41) is 11.4. The van der Waals surface area contributed by atoms with Crippen LogP contribution in [0.5, 0.6) is 0 Å². The maximum atomic E-state index is 11.4. The molecule has 0 radical (unpaired) electrons. The second-order valence-electron chi connectivity index (χ2n) is 3.91. The molecule has 17 heavy (non-hydrogen) atoms. The Morgan fingerprint density at radius 3 is 2.65 bits per heavy atom. The van der Waals surface area contributed by atoms with Crippen LogP contribution in [0.3, 0.4) is 0 Å². The van der Waals surface area contributed by atoms with Gasteiger partial charge in [-0.1, -0.05) is 6.92 Å². The minimum atomic E-state index is -0.869. The average molecular weight is 236 g/mol. The lowest BCUT2D eigenvalue weighted by Crippen LogP contribution is -2.23. The van der Waals surface area contributed by atoms with Crippen molar-refractivity contribution < 1.29 is 14.7 Å². The molecule has 0 aliphatic heterocycles. The van der Waals surface area contributed by atoms with Crippen molar-refractivity contribution >= 4 is 11.9 Å². The number of nitrogens with zero attached hydrogens (tertiary/aromatic N) is 1. The van der Waals surface area contributed by atoms with E-state index in [1.807, 2.05) is 12.1 Å². The first-order valence-electron chi connectivity index (χ1n) is 5.48. The van der Waals surface area contributed by atoms with Crippen molar-refractivity contribution in [3.8, 4) is 0 Å². The summed E-state index contributed by atoms with van der Waals surface area (Å²) in [6.45, 7) is 2.04. The Labute approximate surface area is 99.9 Å². The largest absolute Gasteiger partial charge is 0.481 e. The van der Waals surface area contributed by atoms with Gasteiger partial charge >= 0.3 is 5.97 Å². The molecule has 0 aliphatic rings. The number of carboxylic acid groups (broad SMARTS) is 1. The fraction of sp³-hybridized carbons (Fsp3) is 0.417. The number of nitrogens with one attached hydrogen (secondary N) is 1. The van der Waals surface area contributed by atoms with E-state index in [9.17, 15) is 9.59 Å². The molecule has 1 atom stereocenters. The third-order valence-electron chi connectivity index (χ3n) is 2.47. The van der Waals surface area contributed by atoms with Crippen molar-refractivity contribution in [2.24, 2.45) is 5.92 Å². The van der Waals surface area contributed by atoms with Crippen LogP contribution >= 0.6 is 0 Å². The van der Waals surface area contributed by atoms with E-state index in [1.54, 1.807) is 19.3 Å². The van der Waals surface area contributed by atoms with Crippen LogP contribution in [-0.2, 0) is 16.1 Å². The molecule has 5 heteroatoms. The Bertz CT molecular complexity index is 379. The van der Waals surface area contributed by atoms with Crippen molar-refractivity contribution in [2.75, 3.05) is 0 Å². The lowest BCUT2D eigenvalue weighted by Gasteiger charge is -2.07. The van der Waals surface area contributed by atoms with Crippen LogP contribution in [0.4, 0.5) is 0 Å². The summed E-state index contributed by atoms with van der Waals surface area (Å²) >= 11 is 0. The molecule has 5 nitrogen and oxygen atoms in total. The summed E-state index contributed by atoms with van der Waals surface area (Å²) in [5.74, 6) is -1.48.